The zero-order valence-electron chi connectivity index (χ0n) is 15.5. The molecule has 140 valence electrons. The van der Waals surface area contributed by atoms with E-state index in [4.69, 9.17) is 11.6 Å². The van der Waals surface area contributed by atoms with Gasteiger partial charge < -0.3 is 15.2 Å². The third-order valence-electron chi connectivity index (χ3n) is 7.85. The van der Waals surface area contributed by atoms with Crippen molar-refractivity contribution in [2.24, 2.45) is 5.92 Å². The van der Waals surface area contributed by atoms with Crippen LogP contribution in [0, 0.1) is 5.92 Å². The summed E-state index contributed by atoms with van der Waals surface area (Å²) in [5.74, 6) is 0.261. The van der Waals surface area contributed by atoms with Gasteiger partial charge in [0.2, 0.25) is 11.8 Å². The van der Waals surface area contributed by atoms with Gasteiger partial charge in [-0.05, 0) is 37.0 Å². The molecule has 2 amide bonds. The van der Waals surface area contributed by atoms with Gasteiger partial charge in [0.25, 0.3) is 0 Å². The molecule has 2 spiro atoms. The van der Waals surface area contributed by atoms with Crippen LogP contribution in [0.3, 0.4) is 0 Å². The van der Waals surface area contributed by atoms with E-state index in [2.05, 4.69) is 24.1 Å². The Bertz CT molecular complexity index is 1060. The molecule has 1 aliphatic carbocycles. The Hall–Kier alpha value is -2.01. The van der Waals surface area contributed by atoms with Gasteiger partial charge in [-0.15, -0.1) is 0 Å². The van der Waals surface area contributed by atoms with E-state index >= 15 is 0 Å². The van der Waals surface area contributed by atoms with E-state index in [9.17, 15) is 9.59 Å². The number of nitrogens with one attached hydrogen (secondary N) is 2. The van der Waals surface area contributed by atoms with Crippen LogP contribution in [0.2, 0.25) is 5.02 Å². The largest absolute Gasteiger partial charge is 0.358 e. The number of hydrogen-bond donors (Lipinski definition) is 2. The zero-order chi connectivity index (χ0) is 18.8. The smallest absolute Gasteiger partial charge is 0.249 e. The summed E-state index contributed by atoms with van der Waals surface area (Å²) in [6.07, 6.45) is 3.00. The van der Waals surface area contributed by atoms with E-state index < -0.39 is 11.1 Å². The maximum Gasteiger partial charge on any atom is 0.249 e. The molecule has 27 heavy (non-hydrogen) atoms. The number of fused-ring (bicyclic) bond motifs is 4. The van der Waals surface area contributed by atoms with Crippen LogP contribution in [0.1, 0.15) is 44.4 Å². The molecule has 2 aromatic rings. The molecular weight excluding hydrogens is 362 g/mol. The molecule has 4 fully saturated rings. The van der Waals surface area contributed by atoms with E-state index in [1.165, 1.54) is 5.69 Å². The number of hydrogen-bond acceptors (Lipinski definition) is 2. The average Bonchev–Trinajstić information content (AvgIpc) is 3.19. The Kier molecular flexibility index (Phi) is 2.67. The van der Waals surface area contributed by atoms with Gasteiger partial charge in [-0.1, -0.05) is 31.5 Å². The van der Waals surface area contributed by atoms with Gasteiger partial charge in [0.1, 0.15) is 11.1 Å². The fourth-order valence-electron chi connectivity index (χ4n) is 6.61. The monoisotopic (exact) mass is 383 g/mol. The molecule has 4 aliphatic heterocycles. The van der Waals surface area contributed by atoms with E-state index in [-0.39, 0.29) is 23.1 Å². The van der Waals surface area contributed by atoms with Crippen LogP contribution in [-0.4, -0.2) is 39.3 Å². The standard InChI is InChI=1S/C21H22ClN3O2/c1-19(2)15-10-20-6-3-7-25(20)18(27)21(15,24-17(20)26)9-13-12-5-4-11(22)8-14(12)23-16(13)19/h4-5,8,15,23H,3,6-7,9-10H2,1-2H3,(H,24,26)/t15-,20-,21-/m0/s1. The molecular formula is C21H22ClN3O2. The Morgan fingerprint density at radius 3 is 2.89 bits per heavy atom. The van der Waals surface area contributed by atoms with Crippen molar-refractivity contribution < 1.29 is 9.59 Å². The second kappa shape index (κ2) is 4.52. The minimum Gasteiger partial charge on any atom is -0.358 e. The van der Waals surface area contributed by atoms with Crippen molar-refractivity contribution in [2.45, 2.75) is 56.0 Å². The Morgan fingerprint density at radius 1 is 1.26 bits per heavy atom. The number of piperazine rings is 1. The van der Waals surface area contributed by atoms with E-state index in [1.807, 2.05) is 23.1 Å². The lowest BCUT2D eigenvalue weighted by Gasteiger charge is -2.64. The molecule has 0 radical (unpaired) electrons. The maximum absolute atomic E-state index is 13.7. The lowest BCUT2D eigenvalue weighted by molar-refractivity contribution is -0.179. The van der Waals surface area contributed by atoms with Gasteiger partial charge in [0.15, 0.2) is 0 Å². The molecule has 0 unspecified atom stereocenters. The molecule has 7 rings (SSSR count). The number of carbonyl (C=O) groups excluding carboxylic acids is 2. The van der Waals surface area contributed by atoms with Crippen LogP contribution < -0.4 is 5.32 Å². The molecule has 2 N–H and O–H groups in total. The quantitative estimate of drug-likeness (QED) is 0.734. The Labute approximate surface area is 162 Å². The van der Waals surface area contributed by atoms with Gasteiger partial charge in [-0.25, -0.2) is 0 Å². The number of aromatic amines is 1. The molecule has 2 bridgehead atoms. The number of aromatic nitrogens is 1. The van der Waals surface area contributed by atoms with Crippen molar-refractivity contribution in [1.29, 1.82) is 0 Å². The van der Waals surface area contributed by atoms with Gasteiger partial charge in [-0.3, -0.25) is 9.59 Å². The van der Waals surface area contributed by atoms with Crippen molar-refractivity contribution >= 4 is 34.3 Å². The van der Waals surface area contributed by atoms with Crippen molar-refractivity contribution in [2.75, 3.05) is 6.54 Å². The highest BCUT2D eigenvalue weighted by Crippen LogP contribution is 2.59. The Balaban J connectivity index is 1.63. The molecule has 5 heterocycles. The first-order valence-electron chi connectivity index (χ1n) is 9.75. The number of nitrogens with zero attached hydrogens (tertiary/aromatic N) is 1. The number of H-pyrrole nitrogens is 1. The first-order chi connectivity index (χ1) is 12.8. The molecule has 3 atom stereocenters. The summed E-state index contributed by atoms with van der Waals surface area (Å²) in [6, 6.07) is 5.86. The second-order valence-electron chi connectivity index (χ2n) is 9.34. The van der Waals surface area contributed by atoms with Crippen molar-refractivity contribution in [3.8, 4) is 0 Å². The van der Waals surface area contributed by atoms with Crippen LogP contribution in [0.4, 0.5) is 0 Å². The third-order valence-corrected chi connectivity index (χ3v) is 8.09. The molecule has 1 aromatic heterocycles. The topological polar surface area (TPSA) is 65.2 Å². The van der Waals surface area contributed by atoms with Crippen molar-refractivity contribution in [3.05, 3.63) is 34.5 Å². The highest BCUT2D eigenvalue weighted by atomic mass is 35.5. The summed E-state index contributed by atoms with van der Waals surface area (Å²) in [5, 5.41) is 5.03. The molecule has 0 saturated carbocycles. The van der Waals surface area contributed by atoms with Crippen LogP contribution in [0.15, 0.2) is 18.2 Å². The summed E-state index contributed by atoms with van der Waals surface area (Å²) in [6.45, 7) is 5.13. The highest BCUT2D eigenvalue weighted by molar-refractivity contribution is 6.31. The van der Waals surface area contributed by atoms with Crippen LogP contribution in [0.25, 0.3) is 10.9 Å². The number of amides is 2. The SMILES string of the molecule is CC1(C)c2[nH]c3cc(Cl)ccc3c2C[C@@]23NC(=O)[C@]4(CCCN4C2=O)C[C@@H]13. The molecule has 4 saturated heterocycles. The third kappa shape index (κ3) is 1.61. The number of piperidine rings is 2. The fourth-order valence-corrected chi connectivity index (χ4v) is 6.78. The normalized spacial score (nSPS) is 35.8. The fraction of sp³-hybridized carbons (Fsp3) is 0.524. The lowest BCUT2D eigenvalue weighted by Crippen LogP contribution is -2.84. The van der Waals surface area contributed by atoms with Gasteiger partial charge in [0.05, 0.1) is 0 Å². The van der Waals surface area contributed by atoms with Crippen molar-refractivity contribution in [1.82, 2.24) is 15.2 Å². The second-order valence-corrected chi connectivity index (χ2v) is 9.78. The Morgan fingerprint density at radius 2 is 2.07 bits per heavy atom. The van der Waals surface area contributed by atoms with Gasteiger partial charge >= 0.3 is 0 Å². The van der Waals surface area contributed by atoms with Crippen LogP contribution in [0.5, 0.6) is 0 Å². The minimum atomic E-state index is -0.825. The van der Waals surface area contributed by atoms with E-state index in [1.54, 1.807) is 0 Å². The first-order valence-corrected chi connectivity index (χ1v) is 10.1. The van der Waals surface area contributed by atoms with Crippen LogP contribution in [-0.2, 0) is 21.4 Å². The molecule has 5 nitrogen and oxygen atoms in total. The number of halogens is 1. The summed E-state index contributed by atoms with van der Waals surface area (Å²) in [5.41, 5.74) is 1.63. The first kappa shape index (κ1) is 16.0. The number of rotatable bonds is 0. The maximum atomic E-state index is 13.7. The average molecular weight is 384 g/mol. The van der Waals surface area contributed by atoms with Gasteiger partial charge in [0, 0.05) is 45.9 Å². The summed E-state index contributed by atoms with van der Waals surface area (Å²) < 4.78 is 0. The minimum absolute atomic E-state index is 0.0537. The predicted octanol–water partition coefficient (Wildman–Crippen LogP) is 2.90. The van der Waals surface area contributed by atoms with Gasteiger partial charge in [-0.2, -0.15) is 0 Å². The van der Waals surface area contributed by atoms with Crippen LogP contribution >= 0.6 is 11.6 Å². The number of carbonyl (C=O) groups is 2. The zero-order valence-corrected chi connectivity index (χ0v) is 16.2. The molecule has 6 heteroatoms. The molecule has 5 aliphatic rings. The predicted molar refractivity (Wildman–Crippen MR) is 103 cm³/mol. The summed E-state index contributed by atoms with van der Waals surface area (Å²) in [4.78, 5) is 32.2. The molecule has 1 aromatic carbocycles. The van der Waals surface area contributed by atoms with E-state index in [0.717, 1.165) is 35.7 Å². The van der Waals surface area contributed by atoms with Crippen molar-refractivity contribution in [3.63, 3.8) is 0 Å². The van der Waals surface area contributed by atoms with E-state index in [0.29, 0.717) is 18.0 Å². The highest BCUT2D eigenvalue weighted by Gasteiger charge is 2.72. The number of benzene rings is 1. The lowest BCUT2D eigenvalue weighted by atomic mass is 9.51. The summed E-state index contributed by atoms with van der Waals surface area (Å²) in [7, 11) is 0. The summed E-state index contributed by atoms with van der Waals surface area (Å²) >= 11 is 6.20.